The molecule has 1 fully saturated rings. The van der Waals surface area contributed by atoms with Crippen LogP contribution in [0.5, 0.6) is 0 Å². The van der Waals surface area contributed by atoms with Gasteiger partial charge in [-0.15, -0.1) is 11.3 Å². The van der Waals surface area contributed by atoms with Gasteiger partial charge in [0.2, 0.25) is 12.3 Å². The summed E-state index contributed by atoms with van der Waals surface area (Å²) in [4.78, 5) is 29.9. The lowest BCUT2D eigenvalue weighted by molar-refractivity contribution is -0.135. The van der Waals surface area contributed by atoms with Gasteiger partial charge in [-0.1, -0.05) is 57.1 Å². The smallest absolute Gasteiger partial charge is 0.234 e. The van der Waals surface area contributed by atoms with Crippen LogP contribution in [0.3, 0.4) is 0 Å². The topological polar surface area (TPSA) is 129 Å². The Bertz CT molecular complexity index is 1160. The van der Waals surface area contributed by atoms with Crippen LogP contribution in [-0.2, 0) is 16.2 Å². The number of aliphatic hydroxyl groups excluding tert-OH is 2. The lowest BCUT2D eigenvalue weighted by atomic mass is 9.91. The predicted molar refractivity (Wildman–Crippen MR) is 153 cm³/mol. The second kappa shape index (κ2) is 15.5. The van der Waals surface area contributed by atoms with Crippen LogP contribution >= 0.6 is 11.3 Å². The van der Waals surface area contributed by atoms with E-state index in [0.29, 0.717) is 30.8 Å². The third-order valence-corrected chi connectivity index (χ3v) is 7.42. The number of rotatable bonds is 8. The van der Waals surface area contributed by atoms with E-state index in [2.05, 4.69) is 15.5 Å². The maximum absolute atomic E-state index is 12.7. The highest BCUT2D eigenvalue weighted by Crippen LogP contribution is 2.31. The number of thiazole rings is 1. The Hall–Kier alpha value is -3.08. The maximum Gasteiger partial charge on any atom is 0.234 e. The number of β-amino-alcohol motifs (C(OH)–C–C–N with tert-alkyl or cyclic N) is 1. The van der Waals surface area contributed by atoms with E-state index in [0.717, 1.165) is 21.7 Å². The minimum absolute atomic E-state index is 0.00433. The highest BCUT2D eigenvalue weighted by Gasteiger charge is 2.38. The molecule has 0 aliphatic carbocycles. The third kappa shape index (κ3) is 8.45. The summed E-state index contributed by atoms with van der Waals surface area (Å²) in [5.41, 5.74) is 5.28. The van der Waals surface area contributed by atoms with Crippen molar-refractivity contribution in [2.45, 2.75) is 85.6 Å². The monoisotopic (exact) mass is 558 g/mol. The van der Waals surface area contributed by atoms with E-state index in [4.69, 9.17) is 4.52 Å². The number of amides is 2. The fourth-order valence-corrected chi connectivity index (χ4v) is 5.30. The Kier molecular flexibility index (Phi) is 12.8. The van der Waals surface area contributed by atoms with E-state index in [1.54, 1.807) is 10.4 Å². The molecule has 1 aliphatic rings. The van der Waals surface area contributed by atoms with E-state index in [1.165, 1.54) is 11.3 Å². The molecule has 4 rings (SSSR count). The molecule has 4 atom stereocenters. The fourth-order valence-electron chi connectivity index (χ4n) is 4.49. The highest BCUT2D eigenvalue weighted by atomic mass is 32.1. The Morgan fingerprint density at radius 3 is 2.41 bits per heavy atom. The van der Waals surface area contributed by atoms with E-state index in [1.807, 2.05) is 78.8 Å². The molecule has 39 heavy (non-hydrogen) atoms. The zero-order chi connectivity index (χ0) is 29.1. The quantitative estimate of drug-likeness (QED) is 0.338. The van der Waals surface area contributed by atoms with Crippen LogP contribution in [-0.4, -0.2) is 56.3 Å². The minimum atomic E-state index is -0.414. The predicted octanol–water partition coefficient (Wildman–Crippen LogP) is 4.84. The summed E-state index contributed by atoms with van der Waals surface area (Å²) in [7, 11) is 0. The van der Waals surface area contributed by atoms with Gasteiger partial charge in [0.15, 0.2) is 0 Å². The molecule has 0 bridgehead atoms. The summed E-state index contributed by atoms with van der Waals surface area (Å²) in [6.07, 6.45) is 0.931. The molecule has 2 amide bonds. The molecule has 214 valence electrons. The van der Waals surface area contributed by atoms with E-state index < -0.39 is 6.10 Å². The van der Waals surface area contributed by atoms with Gasteiger partial charge in [0.1, 0.15) is 11.7 Å². The van der Waals surface area contributed by atoms with Crippen LogP contribution in [0.1, 0.15) is 82.6 Å². The first-order valence-corrected chi connectivity index (χ1v) is 14.3. The summed E-state index contributed by atoms with van der Waals surface area (Å²) < 4.78 is 5.27. The molecule has 0 spiro atoms. The number of nitrogens with one attached hydrogen (secondary N) is 1. The van der Waals surface area contributed by atoms with Crippen molar-refractivity contribution in [1.82, 2.24) is 20.4 Å². The van der Waals surface area contributed by atoms with E-state index in [9.17, 15) is 19.8 Å². The first kappa shape index (κ1) is 32.1. The van der Waals surface area contributed by atoms with Crippen molar-refractivity contribution in [1.29, 1.82) is 0 Å². The summed E-state index contributed by atoms with van der Waals surface area (Å²) >= 11 is 1.51. The van der Waals surface area contributed by atoms with Gasteiger partial charge in [0.25, 0.3) is 0 Å². The number of hydrogen-bond donors (Lipinski definition) is 3. The lowest BCUT2D eigenvalue weighted by Crippen LogP contribution is -2.39. The molecule has 3 aromatic rings. The minimum Gasteiger partial charge on any atom is -0.391 e. The molecular weight excluding hydrogens is 516 g/mol. The van der Waals surface area contributed by atoms with Gasteiger partial charge in [-0.05, 0) is 44.2 Å². The average Bonchev–Trinajstić information content (AvgIpc) is 3.65. The van der Waals surface area contributed by atoms with E-state index in [-0.39, 0.29) is 36.4 Å². The maximum atomic E-state index is 12.7. The average molecular weight is 559 g/mol. The number of aryl methyl sites for hydroxylation is 1. The van der Waals surface area contributed by atoms with Gasteiger partial charge in [-0.2, -0.15) is 0 Å². The molecule has 2 aromatic heterocycles. The Balaban J connectivity index is 0.000000258. The van der Waals surface area contributed by atoms with Crippen LogP contribution < -0.4 is 5.32 Å². The van der Waals surface area contributed by atoms with E-state index >= 15 is 0 Å². The van der Waals surface area contributed by atoms with Crippen molar-refractivity contribution >= 4 is 23.7 Å². The molecular formula is C29H42N4O5S. The number of carbonyl (C=O) groups excluding carboxylic acids is 2. The number of carbonyl (C=O) groups is 2. The summed E-state index contributed by atoms with van der Waals surface area (Å²) in [5, 5.41) is 25.4. The van der Waals surface area contributed by atoms with Crippen molar-refractivity contribution in [2.24, 2.45) is 5.92 Å². The van der Waals surface area contributed by atoms with Gasteiger partial charge in [0, 0.05) is 18.7 Å². The molecule has 3 N–H and O–H groups in total. The normalized spacial score (nSPS) is 17.9. The largest absolute Gasteiger partial charge is 0.391 e. The fraction of sp³-hybridized carbons (Fsp3) is 0.517. The zero-order valence-electron chi connectivity index (χ0n) is 23.9. The molecule has 0 radical (unpaired) electrons. The van der Waals surface area contributed by atoms with Crippen molar-refractivity contribution < 1.29 is 24.3 Å². The second-order valence-corrected chi connectivity index (χ2v) is 10.6. The van der Waals surface area contributed by atoms with Gasteiger partial charge in [-0.3, -0.25) is 9.59 Å². The van der Waals surface area contributed by atoms with Crippen LogP contribution in [0, 0.1) is 12.8 Å². The van der Waals surface area contributed by atoms with Gasteiger partial charge < -0.3 is 25.0 Å². The number of hydrogen-bond acceptors (Lipinski definition) is 8. The Morgan fingerprint density at radius 2 is 1.92 bits per heavy atom. The molecule has 9 nitrogen and oxygen atoms in total. The molecule has 1 aliphatic heterocycles. The number of aromatic nitrogens is 2. The van der Waals surface area contributed by atoms with Crippen molar-refractivity contribution in [3.05, 3.63) is 58.6 Å². The van der Waals surface area contributed by atoms with Crippen LogP contribution in [0.2, 0.25) is 0 Å². The second-order valence-electron chi connectivity index (χ2n) is 9.74. The molecule has 10 heteroatoms. The molecule has 0 saturated carbocycles. The zero-order valence-corrected chi connectivity index (χ0v) is 24.7. The molecule has 1 saturated heterocycles. The van der Waals surface area contributed by atoms with Crippen molar-refractivity contribution in [3.8, 4) is 10.4 Å². The van der Waals surface area contributed by atoms with Gasteiger partial charge in [-0.25, -0.2) is 4.98 Å². The van der Waals surface area contributed by atoms with Gasteiger partial charge >= 0.3 is 0 Å². The van der Waals surface area contributed by atoms with Crippen molar-refractivity contribution in [3.63, 3.8) is 0 Å². The first-order chi connectivity index (χ1) is 18.7. The Morgan fingerprint density at radius 1 is 1.26 bits per heavy atom. The third-order valence-electron chi connectivity index (χ3n) is 6.50. The molecule has 1 aromatic carbocycles. The SMILES string of the molecule is CC.CC(NC=O)c1ccc(-c2scnc2CO)cc1.Cc1cc(C(C(=O)N2CC(O)CC2C)C(C)C)on1. The number of aliphatic hydroxyl groups is 2. The standard InChI is InChI=1S/C14H22N2O3.C13H14N2O2S.C2H6/c1-8(2)13(12-5-9(3)15-19-12)14(18)16-7-11(17)6-10(16)4;1-9(14-7-17)10-2-4-11(5-3-10)13-12(6-16)15-8-18-13;1-2/h5,8,10-11,13,17H,6-7H2,1-4H3;2-5,7-9,16H,6H2,1H3,(H,14,17);1-2H3. The summed E-state index contributed by atoms with van der Waals surface area (Å²) in [6, 6.07) is 9.79. The van der Waals surface area contributed by atoms with Crippen LogP contribution in [0.15, 0.2) is 40.4 Å². The van der Waals surface area contributed by atoms with Crippen LogP contribution in [0.4, 0.5) is 0 Å². The summed E-state index contributed by atoms with van der Waals surface area (Å²) in [6.45, 7) is 14.1. The van der Waals surface area contributed by atoms with Crippen LogP contribution in [0.25, 0.3) is 10.4 Å². The van der Waals surface area contributed by atoms with Gasteiger partial charge in [0.05, 0.1) is 40.5 Å². The molecule has 4 unspecified atom stereocenters. The number of likely N-dealkylation sites (tertiary alicyclic amines) is 1. The highest BCUT2D eigenvalue weighted by molar-refractivity contribution is 7.13. The molecule has 3 heterocycles. The summed E-state index contributed by atoms with van der Waals surface area (Å²) in [5.74, 6) is 0.444. The lowest BCUT2D eigenvalue weighted by Gasteiger charge is -2.27. The first-order valence-electron chi connectivity index (χ1n) is 13.4. The number of nitrogens with zero attached hydrogens (tertiary/aromatic N) is 3. The number of benzene rings is 1. The Labute approximate surface area is 235 Å². The van der Waals surface area contributed by atoms with Crippen molar-refractivity contribution in [2.75, 3.05) is 6.54 Å².